The number of Topliss-reactive ketones (excluding diaryl/α,β-unsaturated/α-hetero) is 1. The first-order valence-electron chi connectivity index (χ1n) is 15.1. The van der Waals surface area contributed by atoms with Gasteiger partial charge in [-0.05, 0) is 87.5 Å². The number of ketones is 1. The lowest BCUT2D eigenvalue weighted by Gasteiger charge is -2.24. The minimum absolute atomic E-state index is 0. The van der Waals surface area contributed by atoms with Crippen LogP contribution in [-0.4, -0.2) is 40.4 Å². The third-order valence-corrected chi connectivity index (χ3v) is 9.75. The zero-order valence-corrected chi connectivity index (χ0v) is 29.7. The highest BCUT2D eigenvalue weighted by atomic mass is 79.9. The number of carbonyl (C=O) groups excluding carboxylic acids is 2. The molecule has 2 aliphatic rings. The van der Waals surface area contributed by atoms with Gasteiger partial charge in [-0.3, -0.25) is 14.7 Å². The molecule has 0 bridgehead atoms. The van der Waals surface area contributed by atoms with Crippen LogP contribution in [0.2, 0.25) is 0 Å². The van der Waals surface area contributed by atoms with Crippen molar-refractivity contribution in [2.45, 2.75) is 39.3 Å². The maximum Gasteiger partial charge on any atom is 0.410 e. The Balaban J connectivity index is 0.000000228. The summed E-state index contributed by atoms with van der Waals surface area (Å²) >= 11 is 10.1. The summed E-state index contributed by atoms with van der Waals surface area (Å²) < 4.78 is 7.72. The average molecular weight is 819 g/mol. The van der Waals surface area contributed by atoms with E-state index in [1.807, 2.05) is 77.8 Å². The Labute approximate surface area is 301 Å². The van der Waals surface area contributed by atoms with Crippen molar-refractivity contribution < 1.29 is 14.3 Å². The number of alkyl halides is 1. The van der Waals surface area contributed by atoms with Crippen molar-refractivity contribution in [1.82, 2.24) is 4.90 Å². The lowest BCUT2D eigenvalue weighted by atomic mass is 9.97. The molecule has 0 aromatic heterocycles. The van der Waals surface area contributed by atoms with Crippen molar-refractivity contribution in [2.75, 3.05) is 11.9 Å². The van der Waals surface area contributed by atoms with E-state index in [0.717, 1.165) is 62.4 Å². The molecule has 1 atom stereocenters. The lowest BCUT2D eigenvalue weighted by Crippen LogP contribution is -2.40. The number of allylic oxidation sites excluding steroid dienone is 1. The van der Waals surface area contributed by atoms with Gasteiger partial charge in [0.25, 0.3) is 0 Å². The quantitative estimate of drug-likeness (QED) is 0.127. The van der Waals surface area contributed by atoms with Crippen molar-refractivity contribution in [3.63, 3.8) is 0 Å². The fourth-order valence-corrected chi connectivity index (χ4v) is 6.93. The molecule has 240 valence electrons. The zero-order valence-electron chi connectivity index (χ0n) is 25.0. The molecule has 1 fully saturated rings. The Morgan fingerprint density at radius 3 is 2.15 bits per heavy atom. The summed E-state index contributed by atoms with van der Waals surface area (Å²) in [5.41, 5.74) is 5.19. The van der Waals surface area contributed by atoms with Gasteiger partial charge in [-0.2, -0.15) is 0 Å². The Kier molecular flexibility index (Phi) is 11.8. The molecule has 0 spiro atoms. The van der Waals surface area contributed by atoms with Crippen LogP contribution in [0, 0.1) is 0 Å². The number of hydrogen-bond donors (Lipinski definition) is 0. The highest BCUT2D eigenvalue weighted by Gasteiger charge is 2.34. The van der Waals surface area contributed by atoms with E-state index in [1.54, 1.807) is 0 Å². The normalized spacial score (nSPS) is 15.4. The van der Waals surface area contributed by atoms with Crippen LogP contribution < -0.4 is 0 Å². The minimum atomic E-state index is -0.251. The van der Waals surface area contributed by atoms with Crippen molar-refractivity contribution in [2.24, 2.45) is 4.99 Å². The van der Waals surface area contributed by atoms with Crippen molar-refractivity contribution in [1.29, 1.82) is 0 Å². The zero-order chi connectivity index (χ0) is 32.0. The number of aliphatic imine (C=N–C) groups is 1. The van der Waals surface area contributed by atoms with Crippen molar-refractivity contribution in [3.8, 4) is 0 Å². The second kappa shape index (κ2) is 16.0. The smallest absolute Gasteiger partial charge is 0.410 e. The average Bonchev–Trinajstić information content (AvgIpc) is 3.78. The van der Waals surface area contributed by atoms with Gasteiger partial charge in [0.05, 0.1) is 11.4 Å². The molecule has 8 heteroatoms. The molecular weight excluding hydrogens is 784 g/mol. The predicted molar refractivity (Wildman–Crippen MR) is 205 cm³/mol. The minimum Gasteiger partial charge on any atom is -0.445 e. The van der Waals surface area contributed by atoms with Crippen LogP contribution in [0.3, 0.4) is 0 Å². The van der Waals surface area contributed by atoms with E-state index in [1.165, 1.54) is 21.9 Å². The summed E-state index contributed by atoms with van der Waals surface area (Å²) in [5.74, 6) is 0.111. The molecule has 2 aliphatic heterocycles. The largest absolute Gasteiger partial charge is 0.445 e. The number of nitrogens with zero attached hydrogens (tertiary/aromatic N) is 2. The van der Waals surface area contributed by atoms with Gasteiger partial charge in [0.1, 0.15) is 6.61 Å². The third-order valence-electron chi connectivity index (χ3n) is 8.25. The molecule has 5 aromatic rings. The third kappa shape index (κ3) is 8.47. The molecule has 5 aromatic carbocycles. The molecule has 0 unspecified atom stereocenters. The fourth-order valence-electron chi connectivity index (χ4n) is 5.85. The highest BCUT2D eigenvalue weighted by molar-refractivity contribution is 9.10. The molecule has 0 radical (unpaired) electrons. The van der Waals surface area contributed by atoms with Crippen molar-refractivity contribution >= 4 is 92.5 Å². The first kappa shape index (κ1) is 34.7. The number of benzene rings is 5. The summed E-state index contributed by atoms with van der Waals surface area (Å²) in [6.07, 6.45) is 4.39. The van der Waals surface area contributed by atoms with E-state index in [9.17, 15) is 9.59 Å². The summed E-state index contributed by atoms with van der Waals surface area (Å²) in [6.45, 7) is 1.02. The first-order chi connectivity index (χ1) is 22.4. The van der Waals surface area contributed by atoms with Gasteiger partial charge in [0, 0.05) is 39.4 Å². The van der Waals surface area contributed by atoms with Crippen molar-refractivity contribution in [3.05, 3.63) is 135 Å². The molecule has 1 amide bonds. The van der Waals surface area contributed by atoms with Crippen LogP contribution in [0.5, 0.6) is 0 Å². The standard InChI is InChI=1S/C26H23BrN2O2.C12H8Br2O.CH4/c27-23-11-10-19-13-20(8-9-21(19)14-23)22-15-24(28-16-22)25-7-4-12-29(25)26(30)31-17-18-5-2-1-3-6-18;13-7-12(15)10-2-1-9-6-11(14)4-3-8(9)5-10;/h1-3,5-6,8-11,13-14,16,25H,4,7,12,15,17H2;1-6H,7H2;1H4/t25-;;/m0../s1. The number of ether oxygens (including phenoxy) is 1. The summed E-state index contributed by atoms with van der Waals surface area (Å²) in [5, 5.41) is 5.01. The molecule has 2 heterocycles. The first-order valence-corrected chi connectivity index (χ1v) is 17.8. The SMILES string of the molecule is C.O=C(CBr)c1ccc2cc(Br)ccc2c1.O=C(OCc1ccccc1)N1CCC[C@H]1C1=NC=C(c2ccc3cc(Br)ccc3c2)C1. The second-order valence-corrected chi connectivity index (χ2v) is 13.7. The van der Waals surface area contributed by atoms with Crippen LogP contribution in [0.15, 0.2) is 123 Å². The van der Waals surface area contributed by atoms with Crippen LogP contribution in [-0.2, 0) is 11.3 Å². The molecule has 0 N–H and O–H groups in total. The number of likely N-dealkylation sites (tertiary alicyclic amines) is 1. The van der Waals surface area contributed by atoms with E-state index in [0.29, 0.717) is 11.9 Å². The van der Waals surface area contributed by atoms with Crippen LogP contribution in [0.1, 0.15) is 48.2 Å². The van der Waals surface area contributed by atoms with E-state index in [-0.39, 0.29) is 25.3 Å². The maximum absolute atomic E-state index is 12.7. The second-order valence-electron chi connectivity index (χ2n) is 11.3. The number of amides is 1. The number of rotatable bonds is 6. The summed E-state index contributed by atoms with van der Waals surface area (Å²) in [7, 11) is 0. The van der Waals surface area contributed by atoms with Gasteiger partial charge >= 0.3 is 6.09 Å². The molecule has 47 heavy (non-hydrogen) atoms. The number of fused-ring (bicyclic) bond motifs is 2. The predicted octanol–water partition coefficient (Wildman–Crippen LogP) is 11.4. The monoisotopic (exact) mass is 816 g/mol. The number of carbonyl (C=O) groups is 2. The molecule has 1 saturated heterocycles. The molecular formula is C39H35Br3N2O3. The van der Waals surface area contributed by atoms with Crippen LogP contribution >= 0.6 is 47.8 Å². The van der Waals surface area contributed by atoms with E-state index < -0.39 is 0 Å². The number of halogens is 3. The number of hydrogen-bond acceptors (Lipinski definition) is 4. The van der Waals surface area contributed by atoms with Crippen LogP contribution in [0.25, 0.3) is 27.1 Å². The Morgan fingerprint density at radius 1 is 0.809 bits per heavy atom. The van der Waals surface area contributed by atoms with Gasteiger partial charge in [0.15, 0.2) is 5.78 Å². The van der Waals surface area contributed by atoms with E-state index in [4.69, 9.17) is 9.73 Å². The molecule has 0 aliphatic carbocycles. The van der Waals surface area contributed by atoms with Gasteiger partial charge in [-0.15, -0.1) is 0 Å². The van der Waals surface area contributed by atoms with Gasteiger partial charge in [-0.25, -0.2) is 4.79 Å². The van der Waals surface area contributed by atoms with Gasteiger partial charge in [0.2, 0.25) is 0 Å². The summed E-state index contributed by atoms with van der Waals surface area (Å²) in [6, 6.07) is 34.4. The lowest BCUT2D eigenvalue weighted by molar-refractivity contribution is 0.0990. The van der Waals surface area contributed by atoms with Gasteiger partial charge in [-0.1, -0.05) is 122 Å². The molecule has 0 saturated carbocycles. The Hall–Kier alpha value is -3.59. The molecule has 5 nitrogen and oxygen atoms in total. The van der Waals surface area contributed by atoms with E-state index in [2.05, 4.69) is 84.2 Å². The fraction of sp³-hybridized carbons (Fsp3) is 0.205. The van der Waals surface area contributed by atoms with E-state index >= 15 is 0 Å². The highest BCUT2D eigenvalue weighted by Crippen LogP contribution is 2.32. The maximum atomic E-state index is 12.7. The summed E-state index contributed by atoms with van der Waals surface area (Å²) in [4.78, 5) is 30.8. The van der Waals surface area contributed by atoms with Crippen LogP contribution in [0.4, 0.5) is 4.79 Å². The molecule has 7 rings (SSSR count). The topological polar surface area (TPSA) is 59.0 Å². The van der Waals surface area contributed by atoms with Gasteiger partial charge < -0.3 is 4.74 Å². The Bertz CT molecular complexity index is 1970. The Morgan fingerprint density at radius 2 is 1.45 bits per heavy atom.